The van der Waals surface area contributed by atoms with Crippen molar-refractivity contribution in [2.45, 2.75) is 32.1 Å². The first-order valence-electron chi connectivity index (χ1n) is 6.43. The maximum Gasteiger partial charge on any atom is 0.231 e. The van der Waals surface area contributed by atoms with Gasteiger partial charge in [-0.05, 0) is 34.9 Å². The largest absolute Gasteiger partial charge is 0.315 e. The quantitative estimate of drug-likeness (QED) is 0.748. The molecule has 1 amide bonds. The summed E-state index contributed by atoms with van der Waals surface area (Å²) in [4.78, 5) is 13.4. The average molecular weight is 264 g/mol. The smallest absolute Gasteiger partial charge is 0.231 e. The molecule has 96 valence electrons. The van der Waals surface area contributed by atoms with Crippen molar-refractivity contribution in [3.63, 3.8) is 0 Å². The monoisotopic (exact) mass is 263 g/mol. The molecule has 2 aliphatic rings. The van der Waals surface area contributed by atoms with E-state index < -0.39 is 0 Å². The minimum Gasteiger partial charge on any atom is -0.315 e. The normalized spacial score (nSPS) is 26.1. The summed E-state index contributed by atoms with van der Waals surface area (Å²) >= 11 is 6.56. The highest BCUT2D eigenvalue weighted by Crippen LogP contribution is 2.60. The van der Waals surface area contributed by atoms with Crippen molar-refractivity contribution in [2.75, 3.05) is 11.9 Å². The number of nitrogens with zero attached hydrogens (tertiary/aromatic N) is 1. The van der Waals surface area contributed by atoms with E-state index in [4.69, 9.17) is 11.6 Å². The molecule has 1 aromatic rings. The van der Waals surface area contributed by atoms with Gasteiger partial charge in [0.15, 0.2) is 0 Å². The third kappa shape index (κ3) is 1.74. The van der Waals surface area contributed by atoms with Gasteiger partial charge >= 0.3 is 0 Å². The topological polar surface area (TPSA) is 20.3 Å². The molecule has 0 spiro atoms. The summed E-state index contributed by atoms with van der Waals surface area (Å²) in [6.45, 7) is 4.52. The molecule has 0 saturated heterocycles. The third-order valence-corrected chi connectivity index (χ3v) is 5.00. The van der Waals surface area contributed by atoms with Gasteiger partial charge in [0.25, 0.3) is 0 Å². The summed E-state index contributed by atoms with van der Waals surface area (Å²) in [5.74, 6) is 0.729. The first kappa shape index (κ1) is 12.0. The second-order valence-electron chi connectivity index (χ2n) is 6.22. The molecule has 2 atom stereocenters. The van der Waals surface area contributed by atoms with Crippen molar-refractivity contribution in [2.24, 2.45) is 11.3 Å². The van der Waals surface area contributed by atoms with Crippen LogP contribution < -0.4 is 4.90 Å². The molecule has 1 aliphatic carbocycles. The second kappa shape index (κ2) is 3.74. The molecule has 1 fully saturated rings. The average Bonchev–Trinajstić information content (AvgIpc) is 2.86. The molecular formula is C15H18ClNO. The number of rotatable bonds is 2. The highest BCUT2D eigenvalue weighted by molar-refractivity contribution is 6.21. The standard InChI is InChI=1S/C15H18ClNO/c1-15(2)8-11(15)14(16)9-4-5-12-10(6-9)7-13(18)17(12)3/h4-6,11,14H,7-8H2,1-3H3. The van der Waals surface area contributed by atoms with Crippen LogP contribution >= 0.6 is 11.6 Å². The van der Waals surface area contributed by atoms with Gasteiger partial charge in [0.1, 0.15) is 0 Å². The number of halogens is 1. The Morgan fingerprint density at radius 1 is 1.44 bits per heavy atom. The highest BCUT2D eigenvalue weighted by atomic mass is 35.5. The molecule has 18 heavy (non-hydrogen) atoms. The fraction of sp³-hybridized carbons (Fsp3) is 0.533. The molecule has 3 heteroatoms. The zero-order valence-electron chi connectivity index (χ0n) is 11.0. The lowest BCUT2D eigenvalue weighted by Crippen LogP contribution is -2.20. The van der Waals surface area contributed by atoms with E-state index in [-0.39, 0.29) is 11.3 Å². The molecule has 1 heterocycles. The molecule has 3 rings (SSSR count). The summed E-state index contributed by atoms with van der Waals surface area (Å²) in [7, 11) is 1.83. The second-order valence-corrected chi connectivity index (χ2v) is 6.69. The first-order chi connectivity index (χ1) is 8.40. The molecule has 1 aromatic carbocycles. The Morgan fingerprint density at radius 3 is 2.72 bits per heavy atom. The van der Waals surface area contributed by atoms with Crippen molar-refractivity contribution in [3.05, 3.63) is 29.3 Å². The summed E-state index contributed by atoms with van der Waals surface area (Å²) in [6.07, 6.45) is 1.70. The molecule has 0 bridgehead atoms. The zero-order valence-corrected chi connectivity index (χ0v) is 11.8. The number of amides is 1. The number of alkyl halides is 1. The van der Waals surface area contributed by atoms with E-state index in [0.29, 0.717) is 17.8 Å². The Labute approximate surface area is 113 Å². The lowest BCUT2D eigenvalue weighted by molar-refractivity contribution is -0.117. The van der Waals surface area contributed by atoms with Gasteiger partial charge in [0.2, 0.25) is 5.91 Å². The van der Waals surface area contributed by atoms with Gasteiger partial charge in [0.05, 0.1) is 11.8 Å². The van der Waals surface area contributed by atoms with Gasteiger partial charge in [0, 0.05) is 12.7 Å². The molecule has 2 unspecified atom stereocenters. The Balaban J connectivity index is 1.88. The van der Waals surface area contributed by atoms with E-state index >= 15 is 0 Å². The Hall–Kier alpha value is -1.02. The van der Waals surface area contributed by atoms with E-state index in [1.54, 1.807) is 4.90 Å². The lowest BCUT2D eigenvalue weighted by Gasteiger charge is -2.14. The van der Waals surface area contributed by atoms with Crippen molar-refractivity contribution in [1.82, 2.24) is 0 Å². The lowest BCUT2D eigenvalue weighted by atomic mass is 9.99. The molecule has 1 saturated carbocycles. The van der Waals surface area contributed by atoms with Crippen molar-refractivity contribution >= 4 is 23.2 Å². The van der Waals surface area contributed by atoms with Crippen molar-refractivity contribution in [3.8, 4) is 0 Å². The number of likely N-dealkylation sites (N-methyl/N-ethyl adjacent to an activating group) is 1. The predicted octanol–water partition coefficient (Wildman–Crippen LogP) is 3.53. The molecular weight excluding hydrogens is 246 g/mol. The van der Waals surface area contributed by atoms with E-state index in [1.165, 1.54) is 6.42 Å². The number of anilines is 1. The van der Waals surface area contributed by atoms with E-state index in [2.05, 4.69) is 26.0 Å². The molecule has 0 N–H and O–H groups in total. The van der Waals surface area contributed by atoms with Crippen LogP contribution in [0.2, 0.25) is 0 Å². The maximum atomic E-state index is 11.7. The van der Waals surface area contributed by atoms with Crippen LogP contribution in [0.15, 0.2) is 18.2 Å². The minimum absolute atomic E-state index is 0.0753. The third-order valence-electron chi connectivity index (χ3n) is 4.44. The highest BCUT2D eigenvalue weighted by Gasteiger charge is 2.50. The summed E-state index contributed by atoms with van der Waals surface area (Å²) in [5.41, 5.74) is 3.68. The number of hydrogen-bond acceptors (Lipinski definition) is 1. The predicted molar refractivity (Wildman–Crippen MR) is 74.0 cm³/mol. The fourth-order valence-electron chi connectivity index (χ4n) is 2.90. The summed E-state index contributed by atoms with van der Waals surface area (Å²) in [5, 5.41) is 0.0753. The SMILES string of the molecule is CN1C(=O)Cc2cc(C(Cl)C3CC3(C)C)ccc21. The van der Waals surface area contributed by atoms with E-state index in [9.17, 15) is 4.79 Å². The van der Waals surface area contributed by atoms with Crippen LogP contribution in [-0.4, -0.2) is 13.0 Å². The van der Waals surface area contributed by atoms with Crippen LogP contribution in [-0.2, 0) is 11.2 Å². The van der Waals surface area contributed by atoms with Crippen LogP contribution in [0.4, 0.5) is 5.69 Å². The van der Waals surface area contributed by atoms with E-state index in [0.717, 1.165) is 16.8 Å². The van der Waals surface area contributed by atoms with Crippen LogP contribution in [0.25, 0.3) is 0 Å². The van der Waals surface area contributed by atoms with Crippen LogP contribution in [0.3, 0.4) is 0 Å². The Morgan fingerprint density at radius 2 is 2.11 bits per heavy atom. The molecule has 0 radical (unpaired) electrons. The molecule has 1 aliphatic heterocycles. The number of carbonyl (C=O) groups is 1. The fourth-order valence-corrected chi connectivity index (χ4v) is 3.47. The van der Waals surface area contributed by atoms with Crippen LogP contribution in [0, 0.1) is 11.3 Å². The zero-order chi connectivity index (χ0) is 13.1. The van der Waals surface area contributed by atoms with E-state index in [1.807, 2.05) is 13.1 Å². The maximum absolute atomic E-state index is 11.7. The van der Waals surface area contributed by atoms with Gasteiger partial charge in [-0.15, -0.1) is 11.6 Å². The van der Waals surface area contributed by atoms with Gasteiger partial charge in [-0.3, -0.25) is 4.79 Å². The Kier molecular flexibility index (Phi) is 2.50. The number of benzene rings is 1. The van der Waals surface area contributed by atoms with Crippen molar-refractivity contribution < 1.29 is 4.79 Å². The van der Waals surface area contributed by atoms with Crippen LogP contribution in [0.1, 0.15) is 36.8 Å². The van der Waals surface area contributed by atoms with Gasteiger partial charge < -0.3 is 4.90 Å². The van der Waals surface area contributed by atoms with Crippen LogP contribution in [0.5, 0.6) is 0 Å². The summed E-state index contributed by atoms with van der Waals surface area (Å²) in [6, 6.07) is 6.21. The molecule has 2 nitrogen and oxygen atoms in total. The van der Waals surface area contributed by atoms with Gasteiger partial charge in [-0.1, -0.05) is 26.0 Å². The number of fused-ring (bicyclic) bond motifs is 1. The Bertz CT molecular complexity index is 523. The molecule has 0 aromatic heterocycles. The van der Waals surface area contributed by atoms with Gasteiger partial charge in [-0.2, -0.15) is 0 Å². The summed E-state index contributed by atoms with van der Waals surface area (Å²) < 4.78 is 0. The first-order valence-corrected chi connectivity index (χ1v) is 6.87. The number of carbonyl (C=O) groups excluding carboxylic acids is 1. The van der Waals surface area contributed by atoms with Gasteiger partial charge in [-0.25, -0.2) is 0 Å². The van der Waals surface area contributed by atoms with Crippen molar-refractivity contribution in [1.29, 1.82) is 0 Å². The minimum atomic E-state index is 0.0753. The number of hydrogen-bond donors (Lipinski definition) is 0.